The average molecular weight is 351 g/mol. The SMILES string of the molecule is Nc1c(Cl)cc(NC(=O)/C=C/c2ccc3c(c2)OCO3)cc1Cl. The van der Waals surface area contributed by atoms with Gasteiger partial charge in [-0.1, -0.05) is 29.3 Å². The normalized spacial score (nSPS) is 12.6. The minimum atomic E-state index is -0.320. The number of anilines is 2. The molecule has 3 rings (SSSR count). The molecule has 1 amide bonds. The van der Waals surface area contributed by atoms with Crippen LogP contribution in [0.5, 0.6) is 11.5 Å². The van der Waals surface area contributed by atoms with Crippen LogP contribution in [0, 0.1) is 0 Å². The van der Waals surface area contributed by atoms with Crippen molar-refractivity contribution in [2.45, 2.75) is 0 Å². The predicted octanol–water partition coefficient (Wildman–Crippen LogP) is 3.96. The molecule has 1 aliphatic heterocycles. The topological polar surface area (TPSA) is 73.6 Å². The lowest BCUT2D eigenvalue weighted by molar-refractivity contribution is -0.111. The molecule has 2 aromatic rings. The smallest absolute Gasteiger partial charge is 0.248 e. The van der Waals surface area contributed by atoms with Crippen molar-refractivity contribution in [2.75, 3.05) is 17.8 Å². The number of halogens is 2. The molecule has 3 N–H and O–H groups in total. The number of ether oxygens (including phenoxy) is 2. The lowest BCUT2D eigenvalue weighted by Crippen LogP contribution is -2.08. The number of carbonyl (C=O) groups is 1. The third-order valence-corrected chi connectivity index (χ3v) is 3.80. The first-order valence-electron chi connectivity index (χ1n) is 6.66. The Morgan fingerprint density at radius 1 is 1.13 bits per heavy atom. The van der Waals surface area contributed by atoms with Crippen LogP contribution in [0.2, 0.25) is 10.0 Å². The second kappa shape index (κ2) is 6.40. The molecule has 1 heterocycles. The van der Waals surface area contributed by atoms with Gasteiger partial charge in [0.05, 0.1) is 15.7 Å². The van der Waals surface area contributed by atoms with Gasteiger partial charge in [-0.15, -0.1) is 0 Å². The summed E-state index contributed by atoms with van der Waals surface area (Å²) in [5.74, 6) is 1.03. The van der Waals surface area contributed by atoms with Crippen molar-refractivity contribution in [3.05, 3.63) is 52.0 Å². The van der Waals surface area contributed by atoms with E-state index in [2.05, 4.69) is 5.32 Å². The van der Waals surface area contributed by atoms with Crippen LogP contribution in [0.3, 0.4) is 0 Å². The van der Waals surface area contributed by atoms with Gasteiger partial charge in [0.2, 0.25) is 12.7 Å². The van der Waals surface area contributed by atoms with E-state index in [4.69, 9.17) is 38.4 Å². The number of nitrogen functional groups attached to an aromatic ring is 1. The highest BCUT2D eigenvalue weighted by Crippen LogP contribution is 2.33. The molecule has 0 aliphatic carbocycles. The third-order valence-electron chi connectivity index (χ3n) is 3.17. The molecule has 23 heavy (non-hydrogen) atoms. The zero-order chi connectivity index (χ0) is 16.4. The van der Waals surface area contributed by atoms with Crippen LogP contribution < -0.4 is 20.5 Å². The number of benzene rings is 2. The van der Waals surface area contributed by atoms with Crippen LogP contribution in [-0.2, 0) is 4.79 Å². The molecule has 0 aromatic heterocycles. The lowest BCUT2D eigenvalue weighted by atomic mass is 10.2. The van der Waals surface area contributed by atoms with Crippen LogP contribution in [0.25, 0.3) is 6.08 Å². The van der Waals surface area contributed by atoms with Crippen LogP contribution in [-0.4, -0.2) is 12.7 Å². The first kappa shape index (κ1) is 15.5. The highest BCUT2D eigenvalue weighted by atomic mass is 35.5. The van der Waals surface area contributed by atoms with Crippen LogP contribution in [0.1, 0.15) is 5.56 Å². The number of fused-ring (bicyclic) bond motifs is 1. The monoisotopic (exact) mass is 350 g/mol. The van der Waals surface area contributed by atoms with E-state index in [1.54, 1.807) is 18.2 Å². The average Bonchev–Trinajstić information content (AvgIpc) is 2.98. The summed E-state index contributed by atoms with van der Waals surface area (Å²) in [5.41, 5.74) is 7.21. The van der Waals surface area contributed by atoms with Gasteiger partial charge in [-0.3, -0.25) is 4.79 Å². The minimum absolute atomic E-state index is 0.210. The molecule has 5 nitrogen and oxygen atoms in total. The molecule has 0 atom stereocenters. The summed E-state index contributed by atoms with van der Waals surface area (Å²) in [6, 6.07) is 8.49. The van der Waals surface area contributed by atoms with Gasteiger partial charge in [-0.25, -0.2) is 0 Å². The quantitative estimate of drug-likeness (QED) is 0.649. The number of hydrogen-bond donors (Lipinski definition) is 2. The van der Waals surface area contributed by atoms with Gasteiger partial charge in [0.25, 0.3) is 0 Å². The van der Waals surface area contributed by atoms with Crippen molar-refractivity contribution < 1.29 is 14.3 Å². The standard InChI is InChI=1S/C16H12Cl2N2O3/c17-11-6-10(7-12(18)16(11)19)20-15(21)4-2-9-1-3-13-14(5-9)23-8-22-13/h1-7H,8,19H2,(H,20,21)/b4-2+. The Balaban J connectivity index is 1.69. The zero-order valence-corrected chi connectivity index (χ0v) is 13.3. The lowest BCUT2D eigenvalue weighted by Gasteiger charge is -2.06. The predicted molar refractivity (Wildman–Crippen MR) is 91.1 cm³/mol. The summed E-state index contributed by atoms with van der Waals surface area (Å²) in [5, 5.41) is 3.24. The van der Waals surface area contributed by atoms with Gasteiger partial charge in [0, 0.05) is 11.8 Å². The molecule has 0 saturated carbocycles. The number of hydrogen-bond acceptors (Lipinski definition) is 4. The highest BCUT2D eigenvalue weighted by Gasteiger charge is 2.12. The van der Waals surface area contributed by atoms with E-state index >= 15 is 0 Å². The number of amides is 1. The van der Waals surface area contributed by atoms with E-state index in [1.165, 1.54) is 18.2 Å². The fourth-order valence-electron chi connectivity index (χ4n) is 2.03. The molecule has 0 fully saturated rings. The zero-order valence-electron chi connectivity index (χ0n) is 11.8. The van der Waals surface area contributed by atoms with E-state index in [9.17, 15) is 4.79 Å². The first-order chi connectivity index (χ1) is 11.0. The Morgan fingerprint density at radius 2 is 1.83 bits per heavy atom. The van der Waals surface area contributed by atoms with E-state index < -0.39 is 0 Å². The molecular weight excluding hydrogens is 339 g/mol. The van der Waals surface area contributed by atoms with E-state index in [1.807, 2.05) is 6.07 Å². The number of rotatable bonds is 3. The second-order valence-electron chi connectivity index (χ2n) is 4.79. The maximum absolute atomic E-state index is 12.0. The molecule has 0 bridgehead atoms. The fraction of sp³-hybridized carbons (Fsp3) is 0.0625. The Bertz CT molecular complexity index is 783. The molecule has 0 spiro atoms. The van der Waals surface area contributed by atoms with E-state index in [0.29, 0.717) is 17.2 Å². The Labute approximate surface area is 142 Å². The molecule has 7 heteroatoms. The molecule has 2 aromatic carbocycles. The summed E-state index contributed by atoms with van der Waals surface area (Å²) < 4.78 is 10.5. The van der Waals surface area contributed by atoms with Gasteiger partial charge >= 0.3 is 0 Å². The maximum atomic E-state index is 12.0. The van der Waals surface area contributed by atoms with Crippen molar-refractivity contribution in [3.63, 3.8) is 0 Å². The van der Waals surface area contributed by atoms with E-state index in [0.717, 1.165) is 5.56 Å². The second-order valence-corrected chi connectivity index (χ2v) is 5.60. The minimum Gasteiger partial charge on any atom is -0.454 e. The van der Waals surface area contributed by atoms with Gasteiger partial charge in [0.15, 0.2) is 11.5 Å². The largest absolute Gasteiger partial charge is 0.454 e. The van der Waals surface area contributed by atoms with Gasteiger partial charge in [-0.2, -0.15) is 0 Å². The van der Waals surface area contributed by atoms with Gasteiger partial charge in [-0.05, 0) is 35.9 Å². The molecule has 0 saturated heterocycles. The number of nitrogens with two attached hydrogens (primary N) is 1. The molecular formula is C16H12Cl2N2O3. The molecule has 0 radical (unpaired) electrons. The highest BCUT2D eigenvalue weighted by molar-refractivity contribution is 6.39. The van der Waals surface area contributed by atoms with Crippen LogP contribution in [0.4, 0.5) is 11.4 Å². The van der Waals surface area contributed by atoms with E-state index in [-0.39, 0.29) is 28.4 Å². The molecule has 1 aliphatic rings. The third kappa shape index (κ3) is 3.52. The summed E-state index contributed by atoms with van der Waals surface area (Å²) in [6.07, 6.45) is 3.06. The van der Waals surface area contributed by atoms with Crippen molar-refractivity contribution in [2.24, 2.45) is 0 Å². The van der Waals surface area contributed by atoms with Crippen LogP contribution >= 0.6 is 23.2 Å². The van der Waals surface area contributed by atoms with Gasteiger partial charge in [0.1, 0.15) is 0 Å². The van der Waals surface area contributed by atoms with Gasteiger partial charge < -0.3 is 20.5 Å². The maximum Gasteiger partial charge on any atom is 0.248 e. The fourth-order valence-corrected chi connectivity index (χ4v) is 2.52. The van der Waals surface area contributed by atoms with Crippen molar-refractivity contribution >= 4 is 46.6 Å². The Hall–Kier alpha value is -2.37. The number of nitrogens with one attached hydrogen (secondary N) is 1. The Kier molecular flexibility index (Phi) is 4.32. The first-order valence-corrected chi connectivity index (χ1v) is 7.42. The van der Waals surface area contributed by atoms with Crippen LogP contribution in [0.15, 0.2) is 36.4 Å². The summed E-state index contributed by atoms with van der Waals surface area (Å²) in [6.45, 7) is 0.210. The molecule has 0 unspecified atom stereocenters. The summed E-state index contributed by atoms with van der Waals surface area (Å²) in [7, 11) is 0. The van der Waals surface area contributed by atoms with Crippen molar-refractivity contribution in [3.8, 4) is 11.5 Å². The summed E-state index contributed by atoms with van der Waals surface area (Å²) in [4.78, 5) is 12.0. The van der Waals surface area contributed by atoms with Crippen molar-refractivity contribution in [1.29, 1.82) is 0 Å². The summed E-state index contributed by atoms with van der Waals surface area (Å²) >= 11 is 11.9. The van der Waals surface area contributed by atoms with Crippen molar-refractivity contribution in [1.82, 2.24) is 0 Å². The number of carbonyl (C=O) groups excluding carboxylic acids is 1. The Morgan fingerprint density at radius 3 is 2.57 bits per heavy atom. The molecule has 118 valence electrons.